The molecule has 1 saturated heterocycles. The Morgan fingerprint density at radius 2 is 2.06 bits per heavy atom. The Bertz CT molecular complexity index is 1130. The van der Waals surface area contributed by atoms with Crippen LogP contribution in [0.4, 0.5) is 11.8 Å². The summed E-state index contributed by atoms with van der Waals surface area (Å²) in [6.45, 7) is 1.43. The first-order chi connectivity index (χ1) is 16.6. The minimum Gasteiger partial charge on any atom is -0.495 e. The number of aliphatic hydroxyl groups excluding tert-OH is 1. The Morgan fingerprint density at radius 3 is 2.79 bits per heavy atom. The summed E-state index contributed by atoms with van der Waals surface area (Å²) in [7, 11) is 1.56. The third-order valence-electron chi connectivity index (χ3n) is 5.61. The van der Waals surface area contributed by atoms with Crippen LogP contribution in [0.5, 0.6) is 5.75 Å². The number of aliphatic hydroxyl groups is 1. The normalized spacial score (nSPS) is 15.3. The van der Waals surface area contributed by atoms with Crippen molar-refractivity contribution in [2.75, 3.05) is 30.5 Å². The number of methoxy groups -OCH3 is 1. The van der Waals surface area contributed by atoms with Gasteiger partial charge in [0.2, 0.25) is 5.95 Å². The number of hydrogen-bond donors (Lipinski definition) is 3. The monoisotopic (exact) mass is 483 g/mol. The number of nitrogens with zero attached hydrogens (tertiary/aromatic N) is 5. The van der Waals surface area contributed by atoms with Crippen LogP contribution in [0.3, 0.4) is 0 Å². The molecular formula is C23H26ClN7O3. The van der Waals surface area contributed by atoms with Crippen molar-refractivity contribution in [3.63, 3.8) is 0 Å². The number of amides is 1. The second kappa shape index (κ2) is 11.1. The summed E-state index contributed by atoms with van der Waals surface area (Å²) in [5.41, 5.74) is 1.98. The molecule has 1 aliphatic heterocycles. The lowest BCUT2D eigenvalue weighted by atomic mass is 10.2. The molecule has 34 heavy (non-hydrogen) atoms. The first-order valence-corrected chi connectivity index (χ1v) is 11.3. The van der Waals surface area contributed by atoms with Gasteiger partial charge in [-0.15, -0.1) is 0 Å². The zero-order chi connectivity index (χ0) is 23.9. The van der Waals surface area contributed by atoms with Crippen LogP contribution in [0.2, 0.25) is 5.02 Å². The van der Waals surface area contributed by atoms with Gasteiger partial charge in [-0.25, -0.2) is 15.0 Å². The van der Waals surface area contributed by atoms with Crippen LogP contribution in [0.15, 0.2) is 43.1 Å². The van der Waals surface area contributed by atoms with E-state index in [-0.39, 0.29) is 25.1 Å². The molecule has 3 N–H and O–H groups in total. The SMILES string of the molecule is COc1ccc(CNc2nc(N3CCCC3CO)ncc2C(=O)NCc2cncnc2)cc1Cl. The lowest BCUT2D eigenvalue weighted by Gasteiger charge is -2.24. The van der Waals surface area contributed by atoms with E-state index in [4.69, 9.17) is 16.3 Å². The molecule has 0 saturated carbocycles. The Kier molecular flexibility index (Phi) is 7.71. The molecule has 1 unspecified atom stereocenters. The van der Waals surface area contributed by atoms with Crippen LogP contribution in [-0.4, -0.2) is 57.3 Å². The van der Waals surface area contributed by atoms with E-state index in [2.05, 4.69) is 30.6 Å². The standard InChI is InChI=1S/C23H26ClN7O3/c1-34-20-5-4-15(7-19(20)24)10-27-21-18(22(33)28-11-16-8-25-14-26-9-16)12-29-23(30-21)31-6-2-3-17(31)13-32/h4-5,7-9,12,14,17,32H,2-3,6,10-11,13H2,1H3,(H,28,33)(H,27,29,30). The molecule has 0 spiro atoms. The molecule has 1 aromatic carbocycles. The highest BCUT2D eigenvalue weighted by Gasteiger charge is 2.27. The van der Waals surface area contributed by atoms with Crippen LogP contribution >= 0.6 is 11.6 Å². The van der Waals surface area contributed by atoms with Gasteiger partial charge in [-0.05, 0) is 30.5 Å². The number of rotatable bonds is 9. The van der Waals surface area contributed by atoms with E-state index in [0.29, 0.717) is 34.6 Å². The summed E-state index contributed by atoms with van der Waals surface area (Å²) in [4.78, 5) is 31.9. The predicted octanol–water partition coefficient (Wildman–Crippen LogP) is 2.43. The summed E-state index contributed by atoms with van der Waals surface area (Å²) >= 11 is 6.25. The zero-order valence-corrected chi connectivity index (χ0v) is 19.5. The van der Waals surface area contributed by atoms with E-state index in [1.807, 2.05) is 11.0 Å². The second-order valence-corrected chi connectivity index (χ2v) is 8.26. The molecule has 10 nitrogen and oxygen atoms in total. The maximum Gasteiger partial charge on any atom is 0.256 e. The van der Waals surface area contributed by atoms with Gasteiger partial charge in [0, 0.05) is 43.8 Å². The predicted molar refractivity (Wildman–Crippen MR) is 128 cm³/mol. The minimum atomic E-state index is -0.328. The number of aromatic nitrogens is 4. The largest absolute Gasteiger partial charge is 0.495 e. The van der Waals surface area contributed by atoms with Crippen LogP contribution in [0.25, 0.3) is 0 Å². The van der Waals surface area contributed by atoms with Gasteiger partial charge < -0.3 is 25.4 Å². The fraction of sp³-hybridized carbons (Fsp3) is 0.348. The van der Waals surface area contributed by atoms with E-state index >= 15 is 0 Å². The second-order valence-electron chi connectivity index (χ2n) is 7.86. The summed E-state index contributed by atoms with van der Waals surface area (Å²) in [6.07, 6.45) is 8.04. The maximum absolute atomic E-state index is 13.0. The van der Waals surface area contributed by atoms with Gasteiger partial charge in [-0.2, -0.15) is 4.98 Å². The quantitative estimate of drug-likeness (QED) is 0.420. The molecule has 11 heteroatoms. The number of carbonyl (C=O) groups is 1. The number of hydrogen-bond acceptors (Lipinski definition) is 9. The van der Waals surface area contributed by atoms with Crippen molar-refractivity contribution in [1.29, 1.82) is 0 Å². The molecule has 1 fully saturated rings. The van der Waals surface area contributed by atoms with E-state index in [1.54, 1.807) is 31.6 Å². The molecule has 2 aromatic heterocycles. The molecule has 3 heterocycles. The molecular weight excluding hydrogens is 458 g/mol. The van der Waals surface area contributed by atoms with E-state index in [1.165, 1.54) is 12.5 Å². The number of halogens is 1. The summed E-state index contributed by atoms with van der Waals surface area (Å²) < 4.78 is 5.21. The van der Waals surface area contributed by atoms with Crippen molar-refractivity contribution in [3.8, 4) is 5.75 Å². The van der Waals surface area contributed by atoms with Crippen molar-refractivity contribution < 1.29 is 14.6 Å². The Balaban J connectivity index is 1.56. The molecule has 178 valence electrons. The van der Waals surface area contributed by atoms with Crippen molar-refractivity contribution in [2.45, 2.75) is 32.0 Å². The Hall–Kier alpha value is -3.50. The average molecular weight is 484 g/mol. The lowest BCUT2D eigenvalue weighted by molar-refractivity contribution is 0.0951. The molecule has 4 rings (SSSR count). The third-order valence-corrected chi connectivity index (χ3v) is 5.90. The molecule has 3 aromatic rings. The highest BCUT2D eigenvalue weighted by atomic mass is 35.5. The number of anilines is 2. The maximum atomic E-state index is 13.0. The Labute approximate surface area is 202 Å². The number of nitrogens with one attached hydrogen (secondary N) is 2. The summed E-state index contributed by atoms with van der Waals surface area (Å²) in [5.74, 6) is 1.12. The van der Waals surface area contributed by atoms with Gasteiger partial charge in [-0.3, -0.25) is 4.79 Å². The average Bonchev–Trinajstić information content (AvgIpc) is 3.35. The fourth-order valence-electron chi connectivity index (χ4n) is 3.81. The van der Waals surface area contributed by atoms with Gasteiger partial charge in [0.1, 0.15) is 23.5 Å². The lowest BCUT2D eigenvalue weighted by Crippen LogP contribution is -2.34. The first kappa shape index (κ1) is 23.7. The van der Waals surface area contributed by atoms with E-state index in [9.17, 15) is 9.90 Å². The van der Waals surface area contributed by atoms with Gasteiger partial charge in [0.25, 0.3) is 5.91 Å². The minimum absolute atomic E-state index is 0.0256. The van der Waals surface area contributed by atoms with Gasteiger partial charge in [0.15, 0.2) is 0 Å². The summed E-state index contributed by atoms with van der Waals surface area (Å²) in [5, 5.41) is 16.3. The van der Waals surface area contributed by atoms with E-state index < -0.39 is 0 Å². The van der Waals surface area contributed by atoms with Crippen molar-refractivity contribution >= 4 is 29.3 Å². The van der Waals surface area contributed by atoms with Gasteiger partial charge in [0.05, 0.1) is 24.8 Å². The van der Waals surface area contributed by atoms with Gasteiger partial charge >= 0.3 is 0 Å². The van der Waals surface area contributed by atoms with Crippen molar-refractivity contribution in [3.05, 3.63) is 64.8 Å². The number of ether oxygens (including phenoxy) is 1. The highest BCUT2D eigenvalue weighted by Crippen LogP contribution is 2.27. The van der Waals surface area contributed by atoms with Crippen LogP contribution in [0, 0.1) is 0 Å². The first-order valence-electron chi connectivity index (χ1n) is 10.9. The van der Waals surface area contributed by atoms with Crippen LogP contribution in [-0.2, 0) is 13.1 Å². The topological polar surface area (TPSA) is 125 Å². The van der Waals surface area contributed by atoms with Gasteiger partial charge in [-0.1, -0.05) is 17.7 Å². The number of benzene rings is 1. The van der Waals surface area contributed by atoms with Crippen molar-refractivity contribution in [2.24, 2.45) is 0 Å². The zero-order valence-electron chi connectivity index (χ0n) is 18.7. The van der Waals surface area contributed by atoms with Crippen LogP contribution < -0.4 is 20.3 Å². The smallest absolute Gasteiger partial charge is 0.256 e. The summed E-state index contributed by atoms with van der Waals surface area (Å²) in [6, 6.07) is 5.44. The molecule has 0 aliphatic carbocycles. The van der Waals surface area contributed by atoms with Crippen LogP contribution in [0.1, 0.15) is 34.3 Å². The third kappa shape index (κ3) is 5.52. The molecule has 0 bridgehead atoms. The van der Waals surface area contributed by atoms with E-state index in [0.717, 1.165) is 30.5 Å². The fourth-order valence-corrected chi connectivity index (χ4v) is 4.09. The molecule has 1 aliphatic rings. The molecule has 1 amide bonds. The van der Waals surface area contributed by atoms with Crippen molar-refractivity contribution in [1.82, 2.24) is 25.3 Å². The highest BCUT2D eigenvalue weighted by molar-refractivity contribution is 6.32. The molecule has 1 atom stereocenters. The molecule has 0 radical (unpaired) electrons. The Morgan fingerprint density at radius 1 is 1.24 bits per heavy atom. The number of carbonyl (C=O) groups excluding carboxylic acids is 1.